The molecule has 0 spiro atoms. The fourth-order valence-corrected chi connectivity index (χ4v) is 2.57. The Morgan fingerprint density at radius 1 is 1.00 bits per heavy atom. The van der Waals surface area contributed by atoms with Gasteiger partial charge >= 0.3 is 5.97 Å². The normalized spacial score (nSPS) is 11.8. The number of rotatable bonds is 7. The summed E-state index contributed by atoms with van der Waals surface area (Å²) in [6.45, 7) is 6.16. The molecular formula is C20H21Cl2NO4. The molecule has 0 unspecified atom stereocenters. The molecule has 0 bridgehead atoms. The van der Waals surface area contributed by atoms with E-state index in [-0.39, 0.29) is 5.69 Å². The first kappa shape index (κ1) is 21.1. The fraction of sp³-hybridized carbons (Fsp3) is 0.300. The zero-order chi connectivity index (χ0) is 20.0. The molecule has 27 heavy (non-hydrogen) atoms. The topological polar surface area (TPSA) is 64.6 Å². The number of carbonyl (C=O) groups is 2. The summed E-state index contributed by atoms with van der Waals surface area (Å²) in [7, 11) is 0. The molecule has 5 nitrogen and oxygen atoms in total. The summed E-state index contributed by atoms with van der Waals surface area (Å²) < 4.78 is 10.8. The van der Waals surface area contributed by atoms with Crippen LogP contribution < -0.4 is 10.1 Å². The summed E-state index contributed by atoms with van der Waals surface area (Å²) in [5.41, 5.74) is 0.600. The van der Waals surface area contributed by atoms with Crippen LogP contribution in [0.4, 0.5) is 5.69 Å². The lowest BCUT2D eigenvalue weighted by Crippen LogP contribution is -2.30. The maximum Gasteiger partial charge on any atom is 0.338 e. The van der Waals surface area contributed by atoms with Gasteiger partial charge in [-0.25, -0.2) is 4.79 Å². The van der Waals surface area contributed by atoms with Crippen LogP contribution in [0.3, 0.4) is 0 Å². The van der Waals surface area contributed by atoms with Gasteiger partial charge in [-0.1, -0.05) is 43.1 Å². The van der Waals surface area contributed by atoms with Crippen LogP contribution in [0.25, 0.3) is 0 Å². The molecule has 0 aromatic heterocycles. The minimum atomic E-state index is -1.03. The van der Waals surface area contributed by atoms with Gasteiger partial charge in [0.05, 0.1) is 27.9 Å². The summed E-state index contributed by atoms with van der Waals surface area (Å²) in [5, 5.41) is 3.17. The Balaban J connectivity index is 1.95. The molecule has 1 atom stereocenters. The number of para-hydroxylation sites is 1. The van der Waals surface area contributed by atoms with Crippen molar-refractivity contribution >= 4 is 40.8 Å². The van der Waals surface area contributed by atoms with Crippen molar-refractivity contribution in [3.8, 4) is 5.75 Å². The average molecular weight is 410 g/mol. The molecule has 2 aromatic carbocycles. The second-order valence-electron chi connectivity index (χ2n) is 6.36. The van der Waals surface area contributed by atoms with Gasteiger partial charge in [0.15, 0.2) is 6.10 Å². The molecule has 0 saturated carbocycles. The summed E-state index contributed by atoms with van der Waals surface area (Å²) in [6, 6.07) is 11.4. The molecule has 0 aliphatic rings. The van der Waals surface area contributed by atoms with E-state index in [1.165, 1.54) is 6.92 Å². The van der Waals surface area contributed by atoms with Gasteiger partial charge in [0.1, 0.15) is 5.75 Å². The molecule has 1 amide bonds. The highest BCUT2D eigenvalue weighted by molar-refractivity contribution is 6.39. The van der Waals surface area contributed by atoms with Crippen LogP contribution in [-0.4, -0.2) is 24.6 Å². The maximum atomic E-state index is 12.3. The van der Waals surface area contributed by atoms with Gasteiger partial charge in [0.2, 0.25) is 0 Å². The van der Waals surface area contributed by atoms with Crippen molar-refractivity contribution in [3.05, 3.63) is 58.1 Å². The van der Waals surface area contributed by atoms with Crippen LogP contribution >= 0.6 is 23.2 Å². The number of anilines is 1. The second-order valence-corrected chi connectivity index (χ2v) is 7.18. The number of nitrogens with one attached hydrogen (secondary N) is 1. The molecule has 1 N–H and O–H groups in total. The van der Waals surface area contributed by atoms with E-state index in [1.54, 1.807) is 42.5 Å². The highest BCUT2D eigenvalue weighted by Crippen LogP contribution is 2.30. The van der Waals surface area contributed by atoms with Crippen molar-refractivity contribution in [2.45, 2.75) is 26.9 Å². The van der Waals surface area contributed by atoms with Gasteiger partial charge in [-0.15, -0.1) is 0 Å². The first-order valence-corrected chi connectivity index (χ1v) is 9.22. The molecule has 144 valence electrons. The summed E-state index contributed by atoms with van der Waals surface area (Å²) in [6.07, 6.45) is -1.03. The molecule has 2 aromatic rings. The van der Waals surface area contributed by atoms with Crippen LogP contribution in [0.5, 0.6) is 5.75 Å². The Morgan fingerprint density at radius 2 is 1.59 bits per heavy atom. The lowest BCUT2D eigenvalue weighted by molar-refractivity contribution is -0.123. The first-order valence-electron chi connectivity index (χ1n) is 8.46. The van der Waals surface area contributed by atoms with Crippen molar-refractivity contribution in [2.75, 3.05) is 11.9 Å². The third-order valence-corrected chi connectivity index (χ3v) is 4.17. The highest BCUT2D eigenvalue weighted by atomic mass is 35.5. The van der Waals surface area contributed by atoms with Gasteiger partial charge in [-0.2, -0.15) is 0 Å². The number of carbonyl (C=O) groups excluding carboxylic acids is 2. The van der Waals surface area contributed by atoms with E-state index in [0.717, 1.165) is 0 Å². The van der Waals surface area contributed by atoms with E-state index in [1.807, 2.05) is 13.8 Å². The lowest BCUT2D eigenvalue weighted by Gasteiger charge is -2.15. The zero-order valence-corrected chi connectivity index (χ0v) is 16.8. The van der Waals surface area contributed by atoms with Crippen LogP contribution in [0.15, 0.2) is 42.5 Å². The van der Waals surface area contributed by atoms with E-state index in [9.17, 15) is 9.59 Å². The van der Waals surface area contributed by atoms with Crippen LogP contribution in [0.1, 0.15) is 31.1 Å². The zero-order valence-electron chi connectivity index (χ0n) is 15.3. The molecule has 0 heterocycles. The number of halogens is 2. The van der Waals surface area contributed by atoms with E-state index in [0.29, 0.717) is 33.9 Å². The second kappa shape index (κ2) is 9.62. The van der Waals surface area contributed by atoms with Gasteiger partial charge < -0.3 is 14.8 Å². The number of hydrogen-bond acceptors (Lipinski definition) is 4. The molecule has 0 aliphatic carbocycles. The summed E-state index contributed by atoms with van der Waals surface area (Å²) in [4.78, 5) is 24.5. The number of amides is 1. The van der Waals surface area contributed by atoms with E-state index < -0.39 is 18.0 Å². The SMILES string of the molecule is CC(C)COc1ccc(C(=O)O[C@@H](C)C(=O)Nc2c(Cl)cccc2Cl)cc1. The van der Waals surface area contributed by atoms with E-state index >= 15 is 0 Å². The third kappa shape index (κ3) is 6.15. The van der Waals surface area contributed by atoms with Crippen molar-refractivity contribution in [1.29, 1.82) is 0 Å². The number of ether oxygens (including phenoxy) is 2. The predicted molar refractivity (Wildman–Crippen MR) is 107 cm³/mol. The Labute approximate surface area is 168 Å². The monoisotopic (exact) mass is 409 g/mol. The minimum Gasteiger partial charge on any atom is -0.493 e. The Kier molecular flexibility index (Phi) is 7.51. The number of benzene rings is 2. The minimum absolute atomic E-state index is 0.278. The predicted octanol–water partition coefficient (Wildman–Crippen LogP) is 5.21. The molecule has 7 heteroatoms. The van der Waals surface area contributed by atoms with E-state index in [4.69, 9.17) is 32.7 Å². The van der Waals surface area contributed by atoms with Crippen molar-refractivity contribution in [2.24, 2.45) is 5.92 Å². The van der Waals surface area contributed by atoms with Gasteiger partial charge in [-0.3, -0.25) is 4.79 Å². The maximum absolute atomic E-state index is 12.3. The third-order valence-electron chi connectivity index (χ3n) is 3.54. The van der Waals surface area contributed by atoms with E-state index in [2.05, 4.69) is 5.32 Å². The fourth-order valence-electron chi connectivity index (χ4n) is 2.07. The van der Waals surface area contributed by atoms with Gasteiger partial charge in [0.25, 0.3) is 5.91 Å². The lowest BCUT2D eigenvalue weighted by atomic mass is 10.2. The van der Waals surface area contributed by atoms with Crippen molar-refractivity contribution < 1.29 is 19.1 Å². The molecule has 0 radical (unpaired) electrons. The highest BCUT2D eigenvalue weighted by Gasteiger charge is 2.20. The number of hydrogen-bond donors (Lipinski definition) is 1. The molecule has 0 saturated heterocycles. The van der Waals surface area contributed by atoms with Crippen LogP contribution in [0, 0.1) is 5.92 Å². The van der Waals surface area contributed by atoms with Crippen molar-refractivity contribution in [1.82, 2.24) is 0 Å². The number of esters is 1. The summed E-state index contributed by atoms with van der Waals surface area (Å²) in [5.74, 6) is -0.0754. The Morgan fingerprint density at radius 3 is 2.15 bits per heavy atom. The average Bonchev–Trinajstić information content (AvgIpc) is 2.63. The van der Waals surface area contributed by atoms with Crippen LogP contribution in [0.2, 0.25) is 10.0 Å². The molecule has 0 aliphatic heterocycles. The van der Waals surface area contributed by atoms with Gasteiger partial charge in [0, 0.05) is 0 Å². The molecule has 2 rings (SSSR count). The quantitative estimate of drug-likeness (QED) is 0.637. The Hall–Kier alpha value is -2.24. The summed E-state index contributed by atoms with van der Waals surface area (Å²) >= 11 is 12.0. The van der Waals surface area contributed by atoms with Crippen molar-refractivity contribution in [3.63, 3.8) is 0 Å². The first-order chi connectivity index (χ1) is 12.8. The largest absolute Gasteiger partial charge is 0.493 e. The Bertz CT molecular complexity index is 786. The smallest absolute Gasteiger partial charge is 0.338 e. The molecular weight excluding hydrogens is 389 g/mol. The van der Waals surface area contributed by atoms with Gasteiger partial charge in [-0.05, 0) is 49.2 Å². The van der Waals surface area contributed by atoms with Crippen LogP contribution in [-0.2, 0) is 9.53 Å². The molecule has 0 fully saturated rings. The standard InChI is InChI=1S/C20H21Cl2NO4/c1-12(2)11-26-15-9-7-14(8-10-15)20(25)27-13(3)19(24)23-18-16(21)5-4-6-17(18)22/h4-10,12-13H,11H2,1-3H3,(H,23,24)/t13-/m0/s1.